The molecule has 1 aliphatic heterocycles. The number of rotatable bonds is 4. The monoisotopic (exact) mass is 435 g/mol. The lowest BCUT2D eigenvalue weighted by Gasteiger charge is -2.21. The van der Waals surface area contributed by atoms with Gasteiger partial charge in [0.2, 0.25) is 0 Å². The van der Waals surface area contributed by atoms with E-state index < -0.39 is 29.6 Å². The first-order valence-corrected chi connectivity index (χ1v) is 9.87. The highest BCUT2D eigenvalue weighted by Crippen LogP contribution is 2.31. The van der Waals surface area contributed by atoms with Crippen molar-refractivity contribution in [2.45, 2.75) is 39.3 Å². The molecule has 164 valence electrons. The van der Waals surface area contributed by atoms with Gasteiger partial charge in [-0.1, -0.05) is 12.1 Å². The molecule has 3 heterocycles. The Morgan fingerprint density at radius 3 is 2.19 bits per heavy atom. The van der Waals surface area contributed by atoms with Gasteiger partial charge in [0.1, 0.15) is 5.60 Å². The van der Waals surface area contributed by atoms with Crippen LogP contribution in [0.15, 0.2) is 42.7 Å². The van der Waals surface area contributed by atoms with Crippen LogP contribution >= 0.6 is 0 Å². The van der Waals surface area contributed by atoms with Crippen LogP contribution in [0.5, 0.6) is 0 Å². The Hall–Kier alpha value is -4.15. The second-order valence-electron chi connectivity index (χ2n) is 8.08. The minimum Gasteiger partial charge on any atom is -0.444 e. The number of benzene rings is 1. The molecule has 1 unspecified atom stereocenters. The molecule has 4 rings (SSSR count). The predicted molar refractivity (Wildman–Crippen MR) is 112 cm³/mol. The van der Waals surface area contributed by atoms with Crippen molar-refractivity contribution in [3.8, 4) is 5.95 Å². The largest absolute Gasteiger partial charge is 0.444 e. The Morgan fingerprint density at radius 2 is 1.62 bits per heavy atom. The van der Waals surface area contributed by atoms with Gasteiger partial charge in [0.25, 0.3) is 23.7 Å². The van der Waals surface area contributed by atoms with Gasteiger partial charge in [0.05, 0.1) is 17.2 Å². The lowest BCUT2D eigenvalue weighted by Crippen LogP contribution is -2.34. The zero-order valence-corrected chi connectivity index (χ0v) is 17.9. The molecule has 1 N–H and O–H groups in total. The highest BCUT2D eigenvalue weighted by atomic mass is 16.6. The molecule has 11 heteroatoms. The summed E-state index contributed by atoms with van der Waals surface area (Å²) in [5.74, 6) is -0.607. The molecule has 0 saturated carbocycles. The van der Waals surface area contributed by atoms with E-state index in [9.17, 15) is 14.4 Å². The summed E-state index contributed by atoms with van der Waals surface area (Å²) in [6, 6.07) is 7.40. The van der Waals surface area contributed by atoms with E-state index in [1.165, 1.54) is 17.1 Å². The second kappa shape index (κ2) is 7.84. The number of anilines is 1. The minimum absolute atomic E-state index is 0.0786. The van der Waals surface area contributed by atoms with E-state index in [2.05, 4.69) is 25.4 Å². The summed E-state index contributed by atoms with van der Waals surface area (Å²) in [5, 5.41) is 6.73. The maximum atomic E-state index is 12.9. The standard InChI is InChI=1S/C21H21N7O4/c1-12(27-16(29)13-8-5-6-9-14(13)17(27)30)15-24-18(25-20(31)32-21(2,3)4)26-28(15)19-22-10-7-11-23-19/h5-12H,1-4H3,(H,25,26,31). The Bertz CT molecular complexity index is 1170. The Kier molecular flexibility index (Phi) is 5.17. The van der Waals surface area contributed by atoms with Crippen molar-refractivity contribution in [2.24, 2.45) is 0 Å². The Morgan fingerprint density at radius 1 is 1.03 bits per heavy atom. The quantitative estimate of drug-likeness (QED) is 0.619. The third kappa shape index (κ3) is 3.92. The Labute approximate surface area is 183 Å². The number of ether oxygens (including phenoxy) is 1. The molecule has 0 saturated heterocycles. The summed E-state index contributed by atoms with van der Waals surface area (Å²) in [5.41, 5.74) is -0.0807. The summed E-state index contributed by atoms with van der Waals surface area (Å²) >= 11 is 0. The van der Waals surface area contributed by atoms with Crippen molar-refractivity contribution >= 4 is 23.9 Å². The number of carbonyl (C=O) groups is 3. The van der Waals surface area contributed by atoms with Crippen LogP contribution in [0.3, 0.4) is 0 Å². The van der Waals surface area contributed by atoms with E-state index in [1.807, 2.05) is 0 Å². The molecule has 32 heavy (non-hydrogen) atoms. The molecule has 1 aliphatic rings. The van der Waals surface area contributed by atoms with Crippen LogP contribution in [-0.2, 0) is 4.74 Å². The van der Waals surface area contributed by atoms with Crippen molar-refractivity contribution in [3.05, 3.63) is 59.7 Å². The molecular weight excluding hydrogens is 414 g/mol. The fraction of sp³-hybridized carbons (Fsp3) is 0.286. The summed E-state index contributed by atoms with van der Waals surface area (Å²) in [7, 11) is 0. The number of nitrogens with one attached hydrogen (secondary N) is 1. The molecule has 0 bridgehead atoms. The number of amides is 3. The van der Waals surface area contributed by atoms with Crippen LogP contribution in [-0.4, -0.2) is 53.1 Å². The van der Waals surface area contributed by atoms with Gasteiger partial charge in [-0.3, -0.25) is 19.8 Å². The highest BCUT2D eigenvalue weighted by Gasteiger charge is 2.40. The third-order valence-electron chi connectivity index (χ3n) is 4.57. The average molecular weight is 435 g/mol. The fourth-order valence-electron chi connectivity index (χ4n) is 3.27. The summed E-state index contributed by atoms with van der Waals surface area (Å²) in [4.78, 5) is 51.8. The minimum atomic E-state index is -0.826. The smallest absolute Gasteiger partial charge is 0.414 e. The number of nitrogens with zero attached hydrogens (tertiary/aromatic N) is 6. The number of imide groups is 1. The maximum absolute atomic E-state index is 12.9. The van der Waals surface area contributed by atoms with Gasteiger partial charge in [-0.2, -0.15) is 9.67 Å². The van der Waals surface area contributed by atoms with E-state index in [-0.39, 0.29) is 17.7 Å². The first-order valence-electron chi connectivity index (χ1n) is 9.87. The normalized spacial score (nSPS) is 14.3. The van der Waals surface area contributed by atoms with Crippen LogP contribution in [0.25, 0.3) is 5.95 Å². The van der Waals surface area contributed by atoms with Gasteiger partial charge < -0.3 is 4.74 Å². The van der Waals surface area contributed by atoms with Crippen molar-refractivity contribution < 1.29 is 19.1 Å². The molecule has 0 radical (unpaired) electrons. The van der Waals surface area contributed by atoms with E-state index in [0.717, 1.165) is 4.90 Å². The topological polar surface area (TPSA) is 132 Å². The van der Waals surface area contributed by atoms with Gasteiger partial charge in [0, 0.05) is 12.4 Å². The van der Waals surface area contributed by atoms with E-state index in [0.29, 0.717) is 11.1 Å². The molecule has 0 fully saturated rings. The van der Waals surface area contributed by atoms with E-state index in [1.54, 1.807) is 58.0 Å². The molecule has 3 aromatic rings. The molecule has 1 atom stereocenters. The average Bonchev–Trinajstić information content (AvgIpc) is 3.26. The highest BCUT2D eigenvalue weighted by molar-refractivity contribution is 6.21. The lowest BCUT2D eigenvalue weighted by molar-refractivity contribution is 0.0582. The predicted octanol–water partition coefficient (Wildman–Crippen LogP) is 2.76. The van der Waals surface area contributed by atoms with E-state index in [4.69, 9.17) is 4.74 Å². The van der Waals surface area contributed by atoms with Crippen molar-refractivity contribution in [1.82, 2.24) is 29.6 Å². The summed E-state index contributed by atoms with van der Waals surface area (Å²) in [6.07, 6.45) is 2.28. The van der Waals surface area contributed by atoms with Crippen LogP contribution in [0.1, 0.15) is 60.3 Å². The molecule has 0 spiro atoms. The lowest BCUT2D eigenvalue weighted by atomic mass is 10.1. The van der Waals surface area contributed by atoms with Crippen LogP contribution in [0.4, 0.5) is 10.7 Å². The molecular formula is C21H21N7O4. The van der Waals surface area contributed by atoms with Gasteiger partial charge in [-0.25, -0.2) is 14.8 Å². The van der Waals surface area contributed by atoms with Crippen LogP contribution in [0, 0.1) is 0 Å². The SMILES string of the molecule is CC(c1nc(NC(=O)OC(C)(C)C)nn1-c1ncccn1)N1C(=O)c2ccccc2C1=O. The summed E-state index contributed by atoms with van der Waals surface area (Å²) < 4.78 is 6.52. The molecule has 2 aromatic heterocycles. The number of hydrogen-bond acceptors (Lipinski definition) is 8. The molecule has 1 aromatic carbocycles. The van der Waals surface area contributed by atoms with Gasteiger partial charge >= 0.3 is 6.09 Å². The van der Waals surface area contributed by atoms with Gasteiger partial charge in [-0.05, 0) is 45.9 Å². The zero-order valence-electron chi connectivity index (χ0n) is 17.9. The number of fused-ring (bicyclic) bond motifs is 1. The first kappa shape index (κ1) is 21.1. The number of carbonyl (C=O) groups excluding carboxylic acids is 3. The van der Waals surface area contributed by atoms with E-state index >= 15 is 0 Å². The summed E-state index contributed by atoms with van der Waals surface area (Å²) in [6.45, 7) is 6.83. The third-order valence-corrected chi connectivity index (χ3v) is 4.57. The number of aromatic nitrogens is 5. The second-order valence-corrected chi connectivity index (χ2v) is 8.08. The van der Waals surface area contributed by atoms with Gasteiger partial charge in [0.15, 0.2) is 5.82 Å². The number of hydrogen-bond donors (Lipinski definition) is 1. The molecule has 3 amide bonds. The zero-order chi connectivity index (χ0) is 23.0. The fourth-order valence-corrected chi connectivity index (χ4v) is 3.27. The van der Waals surface area contributed by atoms with Gasteiger partial charge in [-0.15, -0.1) is 5.10 Å². The van der Waals surface area contributed by atoms with Crippen molar-refractivity contribution in [3.63, 3.8) is 0 Å². The Balaban J connectivity index is 1.71. The maximum Gasteiger partial charge on any atom is 0.414 e. The van der Waals surface area contributed by atoms with Crippen molar-refractivity contribution in [1.29, 1.82) is 0 Å². The molecule has 0 aliphatic carbocycles. The first-order chi connectivity index (χ1) is 15.2. The van der Waals surface area contributed by atoms with Crippen LogP contribution in [0.2, 0.25) is 0 Å². The van der Waals surface area contributed by atoms with Crippen molar-refractivity contribution in [2.75, 3.05) is 5.32 Å². The van der Waals surface area contributed by atoms with Crippen LogP contribution < -0.4 is 5.32 Å². The molecule has 11 nitrogen and oxygen atoms in total.